The molecule has 0 bridgehead atoms. The molecular formula is C5F9I. The second kappa shape index (κ2) is 4.01. The van der Waals surface area contributed by atoms with Gasteiger partial charge in [-0.2, -0.15) is 30.7 Å². The van der Waals surface area contributed by atoms with E-state index >= 15 is 0 Å². The van der Waals surface area contributed by atoms with E-state index in [1.165, 1.54) is 0 Å². The lowest BCUT2D eigenvalue weighted by Gasteiger charge is -2.28. The van der Waals surface area contributed by atoms with Crippen molar-refractivity contribution >= 4 is 22.6 Å². The molecule has 0 fully saturated rings. The molecular weight excluding hydrogens is 358 g/mol. The lowest BCUT2D eigenvalue weighted by molar-refractivity contribution is -0.331. The summed E-state index contributed by atoms with van der Waals surface area (Å²) in [6.07, 6.45) is -13.3. The summed E-state index contributed by atoms with van der Waals surface area (Å²) < 4.78 is 104. The monoisotopic (exact) mass is 358 g/mol. The van der Waals surface area contributed by atoms with Gasteiger partial charge in [-0.15, -0.1) is 0 Å². The van der Waals surface area contributed by atoms with Crippen LogP contribution in [0.4, 0.5) is 39.5 Å². The minimum atomic E-state index is -6.63. The van der Waals surface area contributed by atoms with E-state index in [0.717, 1.165) is 0 Å². The zero-order valence-electron chi connectivity index (χ0n) is 6.28. The molecule has 0 atom stereocenters. The van der Waals surface area contributed by atoms with E-state index in [1.54, 1.807) is 0 Å². The zero-order chi connectivity index (χ0) is 12.7. The van der Waals surface area contributed by atoms with Crippen LogP contribution in [0.15, 0.2) is 9.66 Å². The Kier molecular flexibility index (Phi) is 3.97. The standard InChI is InChI=1S/C5F9I/c6-1(2(7)15)3(8,4(9,10)11)5(12,13)14. The van der Waals surface area contributed by atoms with Crippen LogP contribution < -0.4 is 0 Å². The molecule has 10 heteroatoms. The van der Waals surface area contributed by atoms with Gasteiger partial charge < -0.3 is 0 Å². The van der Waals surface area contributed by atoms with Gasteiger partial charge in [0.1, 0.15) is 0 Å². The van der Waals surface area contributed by atoms with Gasteiger partial charge in [-0.25, -0.2) is 8.78 Å². The van der Waals surface area contributed by atoms with Crippen molar-refractivity contribution in [2.75, 3.05) is 0 Å². The summed E-state index contributed by atoms with van der Waals surface area (Å²) in [5.41, 5.74) is -6.31. The minimum absolute atomic E-state index is 0.172. The number of alkyl halides is 7. The van der Waals surface area contributed by atoms with Crippen molar-refractivity contribution in [3.8, 4) is 0 Å². The quantitative estimate of drug-likeness (QED) is 0.483. The van der Waals surface area contributed by atoms with Gasteiger partial charge in [0.05, 0.1) is 0 Å². The highest BCUT2D eigenvalue weighted by molar-refractivity contribution is 14.1. The van der Waals surface area contributed by atoms with Crippen molar-refractivity contribution in [3.05, 3.63) is 9.66 Å². The lowest BCUT2D eigenvalue weighted by Crippen LogP contribution is -2.53. The second-order valence-electron chi connectivity index (χ2n) is 2.23. The molecule has 0 saturated heterocycles. The van der Waals surface area contributed by atoms with Crippen molar-refractivity contribution < 1.29 is 39.5 Å². The van der Waals surface area contributed by atoms with Crippen molar-refractivity contribution in [1.29, 1.82) is 0 Å². The van der Waals surface area contributed by atoms with E-state index < -0.39 is 27.7 Å². The number of hydrogen-bond donors (Lipinski definition) is 0. The van der Waals surface area contributed by atoms with Crippen LogP contribution in [0.1, 0.15) is 0 Å². The Balaban J connectivity index is 5.77. The minimum Gasteiger partial charge on any atom is -0.215 e. The van der Waals surface area contributed by atoms with E-state index in [9.17, 15) is 39.5 Å². The molecule has 0 nitrogen and oxygen atoms in total. The summed E-state index contributed by atoms with van der Waals surface area (Å²) in [6.45, 7) is 0. The molecule has 0 heterocycles. The topological polar surface area (TPSA) is 0 Å². The third kappa shape index (κ3) is 2.50. The Bertz CT molecular complexity index is 253. The average molecular weight is 358 g/mol. The Labute approximate surface area is 90.3 Å². The molecule has 0 unspecified atom stereocenters. The summed E-state index contributed by atoms with van der Waals surface area (Å²) in [5, 5.41) is 0. The first-order valence-electron chi connectivity index (χ1n) is 2.89. The Morgan fingerprint density at radius 1 is 0.733 bits per heavy atom. The van der Waals surface area contributed by atoms with Crippen LogP contribution in [0, 0.1) is 0 Å². The molecule has 90 valence electrons. The second-order valence-corrected chi connectivity index (χ2v) is 3.18. The Morgan fingerprint density at radius 2 is 1.00 bits per heavy atom. The maximum absolute atomic E-state index is 12.5. The highest BCUT2D eigenvalue weighted by Crippen LogP contribution is 2.52. The molecule has 0 aromatic carbocycles. The lowest BCUT2D eigenvalue weighted by atomic mass is 10.0. The molecule has 0 spiro atoms. The van der Waals surface area contributed by atoms with Gasteiger partial charge in [0.25, 0.3) is 0 Å². The number of rotatable bonds is 1. The Morgan fingerprint density at radius 3 is 1.07 bits per heavy atom. The van der Waals surface area contributed by atoms with Crippen molar-refractivity contribution in [1.82, 2.24) is 0 Å². The van der Waals surface area contributed by atoms with Crippen LogP contribution in [0.5, 0.6) is 0 Å². The van der Waals surface area contributed by atoms with Gasteiger partial charge in [-0.05, 0) is 22.6 Å². The molecule has 0 aromatic rings. The molecule has 0 aromatic heterocycles. The summed E-state index contributed by atoms with van der Waals surface area (Å²) in [7, 11) is 0. The van der Waals surface area contributed by atoms with Gasteiger partial charge in [0, 0.05) is 0 Å². The molecule has 0 amide bonds. The van der Waals surface area contributed by atoms with E-state index in [2.05, 4.69) is 0 Å². The van der Waals surface area contributed by atoms with Gasteiger partial charge in [0.15, 0.2) is 9.66 Å². The third-order valence-corrected chi connectivity index (χ3v) is 1.72. The smallest absolute Gasteiger partial charge is 0.215 e. The predicted molar refractivity (Wildman–Crippen MR) is 39.2 cm³/mol. The van der Waals surface area contributed by atoms with Crippen LogP contribution >= 0.6 is 22.6 Å². The van der Waals surface area contributed by atoms with Crippen LogP contribution in [-0.4, -0.2) is 18.0 Å². The van der Waals surface area contributed by atoms with E-state index in [-0.39, 0.29) is 22.6 Å². The summed E-state index contributed by atoms with van der Waals surface area (Å²) in [6, 6.07) is 0. The summed E-state index contributed by atoms with van der Waals surface area (Å²) >= 11 is 0.172. The van der Waals surface area contributed by atoms with Gasteiger partial charge in [0.2, 0.25) is 0 Å². The van der Waals surface area contributed by atoms with Gasteiger partial charge in [-0.3, -0.25) is 0 Å². The zero-order valence-corrected chi connectivity index (χ0v) is 8.44. The van der Waals surface area contributed by atoms with E-state index in [4.69, 9.17) is 0 Å². The first kappa shape index (κ1) is 14.8. The largest absolute Gasteiger partial charge is 0.438 e. The molecule has 0 aliphatic carbocycles. The van der Waals surface area contributed by atoms with E-state index in [1.807, 2.05) is 0 Å². The summed E-state index contributed by atoms with van der Waals surface area (Å²) in [5.74, 6) is -3.55. The van der Waals surface area contributed by atoms with Crippen molar-refractivity contribution in [2.24, 2.45) is 0 Å². The number of halogens is 10. The molecule has 0 saturated carbocycles. The molecule has 15 heavy (non-hydrogen) atoms. The fourth-order valence-corrected chi connectivity index (χ4v) is 0.911. The number of allylic oxidation sites excluding steroid dienone is 1. The molecule has 0 N–H and O–H groups in total. The molecule has 0 aliphatic rings. The summed E-state index contributed by atoms with van der Waals surface area (Å²) in [4.78, 5) is 0. The Hall–Kier alpha value is -0.160. The van der Waals surface area contributed by atoms with Crippen molar-refractivity contribution in [3.63, 3.8) is 0 Å². The van der Waals surface area contributed by atoms with Crippen molar-refractivity contribution in [2.45, 2.75) is 18.0 Å². The molecule has 0 rings (SSSR count). The van der Waals surface area contributed by atoms with Crippen LogP contribution in [0.3, 0.4) is 0 Å². The fraction of sp³-hybridized carbons (Fsp3) is 0.600. The number of hydrogen-bond acceptors (Lipinski definition) is 0. The third-order valence-electron chi connectivity index (χ3n) is 1.25. The SMILES string of the molecule is FC(I)=C(F)C(F)(C(F)(F)F)C(F)(F)F. The maximum atomic E-state index is 12.5. The first-order chi connectivity index (χ1) is 6.35. The first-order valence-corrected chi connectivity index (χ1v) is 3.97. The highest BCUT2D eigenvalue weighted by atomic mass is 127. The van der Waals surface area contributed by atoms with Crippen LogP contribution in [0.25, 0.3) is 0 Å². The van der Waals surface area contributed by atoms with Gasteiger partial charge >= 0.3 is 18.0 Å². The molecule has 0 aliphatic heterocycles. The fourth-order valence-electron chi connectivity index (χ4n) is 0.540. The maximum Gasteiger partial charge on any atom is 0.438 e. The molecule has 0 radical (unpaired) electrons. The van der Waals surface area contributed by atoms with E-state index in [0.29, 0.717) is 0 Å². The van der Waals surface area contributed by atoms with Crippen LogP contribution in [0.2, 0.25) is 0 Å². The van der Waals surface area contributed by atoms with Gasteiger partial charge in [-0.1, -0.05) is 0 Å². The predicted octanol–water partition coefficient (Wildman–Crippen LogP) is 4.36. The highest BCUT2D eigenvalue weighted by Gasteiger charge is 2.76. The average Bonchev–Trinajstić information content (AvgIpc) is 1.96. The van der Waals surface area contributed by atoms with Crippen LogP contribution in [-0.2, 0) is 0 Å². The normalized spacial score (nSPS) is 16.4.